The van der Waals surface area contributed by atoms with E-state index in [4.69, 9.17) is 0 Å². The molecular weight excluding hydrogens is 292 g/mol. The van der Waals surface area contributed by atoms with E-state index >= 15 is 0 Å². The summed E-state index contributed by atoms with van der Waals surface area (Å²) in [4.78, 5) is 25.3. The molecule has 9 nitrogen and oxygen atoms in total. The van der Waals surface area contributed by atoms with E-state index in [2.05, 4.69) is 15.5 Å². The van der Waals surface area contributed by atoms with Crippen molar-refractivity contribution in [2.45, 2.75) is 0 Å². The highest BCUT2D eigenvalue weighted by Crippen LogP contribution is 2.35. The summed E-state index contributed by atoms with van der Waals surface area (Å²) < 4.78 is 0. The average molecular weight is 302 g/mol. The van der Waals surface area contributed by atoms with Crippen LogP contribution in [0, 0.1) is 10.1 Å². The Morgan fingerprint density at radius 3 is 2.82 bits per heavy atom. The highest BCUT2D eigenvalue weighted by molar-refractivity contribution is 5.94. The molecule has 2 aromatic rings. The van der Waals surface area contributed by atoms with Crippen LogP contribution in [0.15, 0.2) is 41.8 Å². The topological polar surface area (TPSA) is 138 Å². The number of hydrazone groups is 1. The van der Waals surface area contributed by atoms with Crippen LogP contribution in [0.2, 0.25) is 0 Å². The summed E-state index contributed by atoms with van der Waals surface area (Å²) >= 11 is 0. The van der Waals surface area contributed by atoms with E-state index in [1.807, 2.05) is 0 Å². The van der Waals surface area contributed by atoms with Crippen molar-refractivity contribution in [2.75, 3.05) is 0 Å². The summed E-state index contributed by atoms with van der Waals surface area (Å²) in [6.45, 7) is 0. The van der Waals surface area contributed by atoms with E-state index in [1.165, 1.54) is 18.5 Å². The Kier molecular flexibility index (Phi) is 4.27. The van der Waals surface area contributed by atoms with Gasteiger partial charge >= 0.3 is 5.69 Å². The quantitative estimate of drug-likeness (QED) is 0.335. The number of benzene rings is 1. The lowest BCUT2D eigenvalue weighted by molar-refractivity contribution is -0.386. The van der Waals surface area contributed by atoms with Crippen LogP contribution in [0.5, 0.6) is 11.5 Å². The first-order chi connectivity index (χ1) is 10.5. The van der Waals surface area contributed by atoms with Crippen molar-refractivity contribution in [1.82, 2.24) is 10.4 Å². The number of pyridine rings is 1. The molecule has 1 aromatic carbocycles. The number of nitro benzene ring substituents is 1. The van der Waals surface area contributed by atoms with Crippen molar-refractivity contribution in [3.05, 3.63) is 57.9 Å². The van der Waals surface area contributed by atoms with Gasteiger partial charge in [-0.2, -0.15) is 5.10 Å². The van der Waals surface area contributed by atoms with Crippen LogP contribution in [0.3, 0.4) is 0 Å². The minimum atomic E-state index is -0.847. The zero-order valence-electron chi connectivity index (χ0n) is 11.0. The van der Waals surface area contributed by atoms with Gasteiger partial charge in [0.05, 0.1) is 16.7 Å². The largest absolute Gasteiger partial charge is 0.504 e. The van der Waals surface area contributed by atoms with E-state index in [0.717, 1.165) is 18.3 Å². The third-order valence-electron chi connectivity index (χ3n) is 2.59. The van der Waals surface area contributed by atoms with E-state index < -0.39 is 28.0 Å². The maximum Gasteiger partial charge on any atom is 0.315 e. The molecule has 0 fully saturated rings. The lowest BCUT2D eigenvalue weighted by Gasteiger charge is -2.01. The molecule has 1 amide bonds. The summed E-state index contributed by atoms with van der Waals surface area (Å²) in [5.41, 5.74) is 1.96. The molecule has 0 radical (unpaired) electrons. The van der Waals surface area contributed by atoms with Crippen molar-refractivity contribution in [3.8, 4) is 11.5 Å². The second-order valence-corrected chi connectivity index (χ2v) is 4.11. The van der Waals surface area contributed by atoms with Gasteiger partial charge in [-0.15, -0.1) is 0 Å². The second kappa shape index (κ2) is 6.31. The fourth-order valence-corrected chi connectivity index (χ4v) is 1.57. The van der Waals surface area contributed by atoms with Crippen LogP contribution in [-0.4, -0.2) is 32.2 Å². The lowest BCUT2D eigenvalue weighted by Crippen LogP contribution is -2.17. The fraction of sp³-hybridized carbons (Fsp3) is 0. The van der Waals surface area contributed by atoms with Crippen molar-refractivity contribution < 1.29 is 19.9 Å². The van der Waals surface area contributed by atoms with Gasteiger partial charge in [-0.1, -0.05) is 0 Å². The molecule has 0 saturated carbocycles. The summed E-state index contributed by atoms with van der Waals surface area (Å²) in [5, 5.41) is 33.1. The van der Waals surface area contributed by atoms with Gasteiger partial charge in [0.1, 0.15) is 0 Å². The third-order valence-corrected chi connectivity index (χ3v) is 2.59. The third kappa shape index (κ3) is 3.33. The SMILES string of the molecule is O=C(N/N=C/c1cc(O)c(O)c([N+](=O)[O-])c1)c1cccnc1. The van der Waals surface area contributed by atoms with Gasteiger partial charge in [0.25, 0.3) is 5.91 Å². The summed E-state index contributed by atoms with van der Waals surface area (Å²) in [7, 11) is 0. The molecule has 1 aromatic heterocycles. The molecule has 0 aliphatic rings. The predicted octanol–water partition coefficient (Wildman–Crippen LogP) is 1.16. The molecule has 112 valence electrons. The molecule has 0 saturated heterocycles. The summed E-state index contributed by atoms with van der Waals surface area (Å²) in [5.74, 6) is -2.00. The number of aromatic hydroxyl groups is 2. The maximum atomic E-state index is 11.7. The van der Waals surface area contributed by atoms with E-state index in [1.54, 1.807) is 6.07 Å². The number of phenolic OH excluding ortho intramolecular Hbond substituents is 2. The first-order valence-corrected chi connectivity index (χ1v) is 5.93. The number of rotatable bonds is 4. The Bertz CT molecular complexity index is 746. The molecule has 3 N–H and O–H groups in total. The number of aromatic nitrogens is 1. The maximum absolute atomic E-state index is 11.7. The molecule has 22 heavy (non-hydrogen) atoms. The summed E-state index contributed by atoms with van der Waals surface area (Å²) in [6, 6.07) is 5.20. The Morgan fingerprint density at radius 2 is 2.18 bits per heavy atom. The molecule has 0 unspecified atom stereocenters. The molecule has 2 rings (SSSR count). The molecule has 0 spiro atoms. The van der Waals surface area contributed by atoms with Gasteiger partial charge in [0.15, 0.2) is 5.75 Å². The number of phenols is 2. The first-order valence-electron chi connectivity index (χ1n) is 5.93. The number of nitrogens with one attached hydrogen (secondary N) is 1. The number of hydrogen-bond donors (Lipinski definition) is 3. The minimum absolute atomic E-state index is 0.133. The van der Waals surface area contributed by atoms with Gasteiger partial charge < -0.3 is 10.2 Å². The average Bonchev–Trinajstić information content (AvgIpc) is 2.51. The molecule has 0 bridgehead atoms. The Labute approximate surface area is 123 Å². The number of amides is 1. The van der Waals surface area contributed by atoms with Gasteiger partial charge in [-0.25, -0.2) is 5.43 Å². The molecule has 0 aliphatic heterocycles. The van der Waals surface area contributed by atoms with Crippen LogP contribution in [-0.2, 0) is 0 Å². The zero-order valence-corrected chi connectivity index (χ0v) is 11.0. The second-order valence-electron chi connectivity index (χ2n) is 4.11. The zero-order chi connectivity index (χ0) is 16.1. The Hall–Kier alpha value is -3.49. The van der Waals surface area contributed by atoms with Gasteiger partial charge in [-0.3, -0.25) is 19.9 Å². The van der Waals surface area contributed by atoms with E-state index in [9.17, 15) is 25.1 Å². The van der Waals surface area contributed by atoms with Crippen LogP contribution < -0.4 is 5.43 Å². The number of carbonyl (C=O) groups excluding carboxylic acids is 1. The highest BCUT2D eigenvalue weighted by atomic mass is 16.6. The number of hydrogen-bond acceptors (Lipinski definition) is 7. The summed E-state index contributed by atoms with van der Waals surface area (Å²) in [6.07, 6.45) is 3.96. The fourth-order valence-electron chi connectivity index (χ4n) is 1.57. The molecule has 0 atom stereocenters. The van der Waals surface area contributed by atoms with Crippen molar-refractivity contribution in [1.29, 1.82) is 0 Å². The highest BCUT2D eigenvalue weighted by Gasteiger charge is 2.18. The minimum Gasteiger partial charge on any atom is -0.504 e. The van der Waals surface area contributed by atoms with Crippen LogP contribution >= 0.6 is 0 Å². The Balaban J connectivity index is 2.14. The van der Waals surface area contributed by atoms with Gasteiger partial charge in [0, 0.05) is 24.0 Å². The predicted molar refractivity (Wildman–Crippen MR) is 75.7 cm³/mol. The molecular formula is C13H10N4O5. The van der Waals surface area contributed by atoms with Crippen LogP contribution in [0.1, 0.15) is 15.9 Å². The molecule has 0 aliphatic carbocycles. The van der Waals surface area contributed by atoms with Crippen LogP contribution in [0.25, 0.3) is 0 Å². The van der Waals surface area contributed by atoms with Crippen molar-refractivity contribution >= 4 is 17.8 Å². The standard InChI is InChI=1S/C13H10N4O5/c18-11-5-8(4-10(12(11)19)17(21)22)6-15-16-13(20)9-2-1-3-14-7-9/h1-7,18-19H,(H,16,20)/b15-6+. The Morgan fingerprint density at radius 1 is 1.41 bits per heavy atom. The molecule has 9 heteroatoms. The first kappa shape index (κ1) is 14.9. The number of carbonyl (C=O) groups is 1. The van der Waals surface area contributed by atoms with Gasteiger partial charge in [-0.05, 0) is 18.2 Å². The molecule has 1 heterocycles. The normalized spacial score (nSPS) is 10.5. The number of nitrogens with zero attached hydrogens (tertiary/aromatic N) is 3. The van der Waals surface area contributed by atoms with E-state index in [0.29, 0.717) is 5.56 Å². The number of nitro groups is 1. The van der Waals surface area contributed by atoms with Crippen molar-refractivity contribution in [2.24, 2.45) is 5.10 Å². The smallest absolute Gasteiger partial charge is 0.315 e. The van der Waals surface area contributed by atoms with E-state index in [-0.39, 0.29) is 5.56 Å². The monoisotopic (exact) mass is 302 g/mol. The lowest BCUT2D eigenvalue weighted by atomic mass is 10.2. The van der Waals surface area contributed by atoms with Crippen molar-refractivity contribution in [3.63, 3.8) is 0 Å². The van der Waals surface area contributed by atoms with Gasteiger partial charge in [0.2, 0.25) is 5.75 Å². The van der Waals surface area contributed by atoms with Crippen LogP contribution in [0.4, 0.5) is 5.69 Å².